The van der Waals surface area contributed by atoms with Crippen LogP contribution in [0.2, 0.25) is 0 Å². The van der Waals surface area contributed by atoms with Crippen molar-refractivity contribution in [3.63, 3.8) is 0 Å². The fourth-order valence-corrected chi connectivity index (χ4v) is 1.48. The highest BCUT2D eigenvalue weighted by Crippen LogP contribution is 2.12. The van der Waals surface area contributed by atoms with Gasteiger partial charge in [-0.1, -0.05) is 12.1 Å². The van der Waals surface area contributed by atoms with Crippen molar-refractivity contribution in [2.45, 2.75) is 19.8 Å². The molecule has 0 aliphatic heterocycles. The van der Waals surface area contributed by atoms with Crippen LogP contribution in [0.15, 0.2) is 24.3 Å². The molecule has 0 spiro atoms. The average molecular weight is 256 g/mol. The second-order valence-electron chi connectivity index (χ2n) is 3.81. The molecular weight excluding hydrogens is 238 g/mol. The van der Waals surface area contributed by atoms with Crippen molar-refractivity contribution < 1.29 is 9.53 Å². The number of hydrogen-bond acceptors (Lipinski definition) is 2. The van der Waals surface area contributed by atoms with Crippen LogP contribution >= 0.6 is 11.6 Å². The van der Waals surface area contributed by atoms with Gasteiger partial charge in [-0.3, -0.25) is 4.79 Å². The molecule has 0 saturated carbocycles. The predicted octanol–water partition coefficient (Wildman–Crippen LogP) is 2.51. The monoisotopic (exact) mass is 255 g/mol. The van der Waals surface area contributed by atoms with Gasteiger partial charge in [0.05, 0.1) is 13.0 Å². The molecule has 0 heterocycles. The Balaban J connectivity index is 2.17. The Hall–Kier alpha value is -1.22. The first kappa shape index (κ1) is 13.8. The van der Waals surface area contributed by atoms with E-state index in [4.69, 9.17) is 16.3 Å². The molecule has 0 unspecified atom stereocenters. The second-order valence-corrected chi connectivity index (χ2v) is 4.19. The molecule has 0 bridgehead atoms. The first-order valence-corrected chi connectivity index (χ1v) is 6.28. The summed E-state index contributed by atoms with van der Waals surface area (Å²) in [6.07, 6.45) is 1.17. The standard InChI is InChI=1S/C13H18ClNO2/c1-11-4-2-5-12(10-11)17-9-6-13(16)15-8-3-7-14/h2,4-5,10H,3,6-9H2,1H3,(H,15,16). The van der Waals surface area contributed by atoms with Crippen LogP contribution in [-0.2, 0) is 4.79 Å². The maximum Gasteiger partial charge on any atom is 0.223 e. The number of alkyl halides is 1. The Morgan fingerprint density at radius 1 is 1.47 bits per heavy atom. The number of benzene rings is 1. The van der Waals surface area contributed by atoms with Gasteiger partial charge in [-0.15, -0.1) is 11.6 Å². The number of rotatable bonds is 7. The van der Waals surface area contributed by atoms with E-state index in [0.29, 0.717) is 25.5 Å². The lowest BCUT2D eigenvalue weighted by Crippen LogP contribution is -2.26. The minimum Gasteiger partial charge on any atom is -0.493 e. The maximum atomic E-state index is 11.3. The number of amides is 1. The summed E-state index contributed by atoms with van der Waals surface area (Å²) in [6, 6.07) is 7.78. The van der Waals surface area contributed by atoms with E-state index in [1.165, 1.54) is 0 Å². The zero-order valence-corrected chi connectivity index (χ0v) is 10.8. The van der Waals surface area contributed by atoms with E-state index in [1.54, 1.807) is 0 Å². The molecule has 1 aromatic rings. The van der Waals surface area contributed by atoms with Gasteiger partial charge in [-0.2, -0.15) is 0 Å². The highest BCUT2D eigenvalue weighted by molar-refractivity contribution is 6.17. The lowest BCUT2D eigenvalue weighted by molar-refractivity contribution is -0.121. The molecule has 0 aliphatic carbocycles. The third-order valence-corrected chi connectivity index (χ3v) is 2.49. The average Bonchev–Trinajstić information content (AvgIpc) is 2.29. The molecule has 0 fully saturated rings. The minimum atomic E-state index is 0.00256. The van der Waals surface area contributed by atoms with Crippen LogP contribution in [0.3, 0.4) is 0 Å². The summed E-state index contributed by atoms with van der Waals surface area (Å²) in [5.74, 6) is 1.38. The number of aryl methyl sites for hydroxylation is 1. The second kappa shape index (κ2) is 7.96. The van der Waals surface area contributed by atoms with E-state index in [0.717, 1.165) is 17.7 Å². The lowest BCUT2D eigenvalue weighted by atomic mass is 10.2. The SMILES string of the molecule is Cc1cccc(OCCC(=O)NCCCCl)c1. The highest BCUT2D eigenvalue weighted by Gasteiger charge is 2.01. The Morgan fingerprint density at radius 2 is 2.29 bits per heavy atom. The molecule has 0 aliphatic rings. The molecule has 17 heavy (non-hydrogen) atoms. The number of nitrogens with one attached hydrogen (secondary N) is 1. The first-order chi connectivity index (χ1) is 8.22. The van der Waals surface area contributed by atoms with Gasteiger partial charge in [-0.25, -0.2) is 0 Å². The third-order valence-electron chi connectivity index (χ3n) is 2.22. The fraction of sp³-hybridized carbons (Fsp3) is 0.462. The summed E-state index contributed by atoms with van der Waals surface area (Å²) < 4.78 is 5.48. The van der Waals surface area contributed by atoms with Crippen LogP contribution in [-0.4, -0.2) is 24.9 Å². The van der Waals surface area contributed by atoms with E-state index < -0.39 is 0 Å². The molecular formula is C13H18ClNO2. The van der Waals surface area contributed by atoms with Crippen molar-refractivity contribution in [1.29, 1.82) is 0 Å². The molecule has 3 nitrogen and oxygen atoms in total. The fourth-order valence-electron chi connectivity index (χ4n) is 1.35. The predicted molar refractivity (Wildman–Crippen MR) is 69.6 cm³/mol. The molecule has 1 rings (SSSR count). The minimum absolute atomic E-state index is 0.00256. The summed E-state index contributed by atoms with van der Waals surface area (Å²) in [4.78, 5) is 11.3. The maximum absolute atomic E-state index is 11.3. The van der Waals surface area contributed by atoms with Crippen molar-refractivity contribution in [3.05, 3.63) is 29.8 Å². The molecule has 0 atom stereocenters. The summed E-state index contributed by atoms with van der Waals surface area (Å²) in [5.41, 5.74) is 1.15. The Kier molecular flexibility index (Phi) is 6.48. The Labute approximate surface area is 107 Å². The summed E-state index contributed by atoms with van der Waals surface area (Å²) in [6.45, 7) is 3.04. The van der Waals surface area contributed by atoms with Crippen LogP contribution in [0.5, 0.6) is 5.75 Å². The zero-order chi connectivity index (χ0) is 12.5. The van der Waals surface area contributed by atoms with E-state index in [1.807, 2.05) is 31.2 Å². The number of carbonyl (C=O) groups is 1. The highest BCUT2D eigenvalue weighted by atomic mass is 35.5. The molecule has 0 saturated heterocycles. The topological polar surface area (TPSA) is 38.3 Å². The van der Waals surface area contributed by atoms with Crippen molar-refractivity contribution in [1.82, 2.24) is 5.32 Å². The lowest BCUT2D eigenvalue weighted by Gasteiger charge is -2.07. The number of carbonyl (C=O) groups excluding carboxylic acids is 1. The van der Waals surface area contributed by atoms with Crippen LogP contribution in [0.4, 0.5) is 0 Å². The number of hydrogen-bond donors (Lipinski definition) is 1. The summed E-state index contributed by atoms with van der Waals surface area (Å²) >= 11 is 5.51. The molecule has 0 aromatic heterocycles. The molecule has 1 aromatic carbocycles. The Morgan fingerprint density at radius 3 is 3.00 bits per heavy atom. The van der Waals surface area contributed by atoms with E-state index in [2.05, 4.69) is 5.32 Å². The molecule has 4 heteroatoms. The van der Waals surface area contributed by atoms with E-state index >= 15 is 0 Å². The molecule has 1 N–H and O–H groups in total. The largest absolute Gasteiger partial charge is 0.493 e. The molecule has 0 radical (unpaired) electrons. The van der Waals surface area contributed by atoms with Gasteiger partial charge in [0.15, 0.2) is 0 Å². The van der Waals surface area contributed by atoms with E-state index in [9.17, 15) is 4.79 Å². The van der Waals surface area contributed by atoms with Gasteiger partial charge >= 0.3 is 0 Å². The van der Waals surface area contributed by atoms with Crippen molar-refractivity contribution in [2.75, 3.05) is 19.0 Å². The van der Waals surface area contributed by atoms with Gasteiger partial charge in [0.1, 0.15) is 5.75 Å². The summed E-state index contributed by atoms with van der Waals surface area (Å²) in [5, 5.41) is 2.78. The third kappa shape index (κ3) is 6.17. The number of halogens is 1. The summed E-state index contributed by atoms with van der Waals surface area (Å²) in [7, 11) is 0. The van der Waals surface area contributed by atoms with Crippen molar-refractivity contribution >= 4 is 17.5 Å². The smallest absolute Gasteiger partial charge is 0.223 e. The van der Waals surface area contributed by atoms with Crippen molar-refractivity contribution in [2.24, 2.45) is 0 Å². The van der Waals surface area contributed by atoms with Crippen molar-refractivity contribution in [3.8, 4) is 5.75 Å². The normalized spacial score (nSPS) is 10.0. The van der Waals surface area contributed by atoms with Gasteiger partial charge in [0, 0.05) is 12.4 Å². The van der Waals surface area contributed by atoms with Gasteiger partial charge in [0.25, 0.3) is 0 Å². The van der Waals surface area contributed by atoms with Crippen LogP contribution in [0, 0.1) is 6.92 Å². The van der Waals surface area contributed by atoms with Gasteiger partial charge in [-0.05, 0) is 31.0 Å². The molecule has 94 valence electrons. The van der Waals surface area contributed by atoms with Crippen LogP contribution < -0.4 is 10.1 Å². The Bertz CT molecular complexity index is 355. The first-order valence-electron chi connectivity index (χ1n) is 5.74. The van der Waals surface area contributed by atoms with Crippen LogP contribution in [0.25, 0.3) is 0 Å². The number of ether oxygens (including phenoxy) is 1. The van der Waals surface area contributed by atoms with E-state index in [-0.39, 0.29) is 5.91 Å². The zero-order valence-electron chi connectivity index (χ0n) is 10.0. The van der Waals surface area contributed by atoms with Crippen LogP contribution in [0.1, 0.15) is 18.4 Å². The quantitative estimate of drug-likeness (QED) is 0.601. The van der Waals surface area contributed by atoms with Gasteiger partial charge < -0.3 is 10.1 Å². The van der Waals surface area contributed by atoms with Gasteiger partial charge in [0.2, 0.25) is 5.91 Å². The molecule has 1 amide bonds.